The van der Waals surface area contributed by atoms with E-state index >= 15 is 0 Å². The molecule has 0 aliphatic carbocycles. The van der Waals surface area contributed by atoms with E-state index in [2.05, 4.69) is 25.9 Å². The van der Waals surface area contributed by atoms with Gasteiger partial charge in [-0.25, -0.2) is 0 Å². The highest BCUT2D eigenvalue weighted by Gasteiger charge is 2.19. The molecule has 2 N–H and O–H groups in total. The number of methoxy groups -OCH3 is 1. The number of hydrogen-bond donors (Lipinski definition) is 2. The van der Waals surface area contributed by atoms with Gasteiger partial charge in [-0.1, -0.05) is 30.2 Å². The fourth-order valence-electron chi connectivity index (χ4n) is 2.18. The normalized spacial score (nSPS) is 12.0. The maximum absolute atomic E-state index is 12.3. The molecule has 0 saturated heterocycles. The number of ether oxygens (including phenoxy) is 1. The lowest BCUT2D eigenvalue weighted by Crippen LogP contribution is -2.30. The average Bonchev–Trinajstić information content (AvgIpc) is 3.01. The van der Waals surface area contributed by atoms with Crippen LogP contribution in [0.25, 0.3) is 0 Å². The van der Waals surface area contributed by atoms with Gasteiger partial charge in [0, 0.05) is 10.6 Å². The number of nitrogens with one attached hydrogen (secondary N) is 2. The van der Waals surface area contributed by atoms with Crippen LogP contribution >= 0.6 is 11.6 Å². The summed E-state index contributed by atoms with van der Waals surface area (Å²) >= 11 is 5.97. The Morgan fingerprint density at radius 3 is 2.95 bits per heavy atom. The smallest absolute Gasteiger partial charge is 0.225 e. The Morgan fingerprint density at radius 1 is 1.50 bits per heavy atom. The molecular weight excluding hydrogens is 306 g/mol. The predicted molar refractivity (Wildman–Crippen MR) is 81.7 cm³/mol. The van der Waals surface area contributed by atoms with Crippen LogP contribution in [0.3, 0.4) is 0 Å². The molecule has 7 nitrogen and oxygen atoms in total. The zero-order chi connectivity index (χ0) is 15.9. The van der Waals surface area contributed by atoms with Crippen molar-refractivity contribution in [3.8, 4) is 5.75 Å². The van der Waals surface area contributed by atoms with E-state index in [4.69, 9.17) is 16.3 Å². The molecule has 0 saturated carbocycles. The van der Waals surface area contributed by atoms with Crippen molar-refractivity contribution in [1.29, 1.82) is 0 Å². The van der Waals surface area contributed by atoms with Crippen molar-refractivity contribution in [2.75, 3.05) is 7.11 Å². The van der Waals surface area contributed by atoms with Crippen LogP contribution in [-0.4, -0.2) is 33.6 Å². The fraction of sp³-hybridized carbons (Fsp3) is 0.429. The summed E-state index contributed by atoms with van der Waals surface area (Å²) in [6.07, 6.45) is 1.79. The monoisotopic (exact) mass is 323 g/mol. The third-order valence-electron chi connectivity index (χ3n) is 3.18. The number of amides is 1. The summed E-state index contributed by atoms with van der Waals surface area (Å²) < 4.78 is 5.25. The van der Waals surface area contributed by atoms with Crippen molar-refractivity contribution in [2.45, 2.75) is 32.2 Å². The van der Waals surface area contributed by atoms with Gasteiger partial charge in [0.05, 0.1) is 19.6 Å². The van der Waals surface area contributed by atoms with Crippen LogP contribution in [0.1, 0.15) is 37.2 Å². The molecule has 1 amide bonds. The number of benzene rings is 1. The molecule has 1 atom stereocenters. The molecule has 1 heterocycles. The van der Waals surface area contributed by atoms with Crippen molar-refractivity contribution in [1.82, 2.24) is 25.9 Å². The van der Waals surface area contributed by atoms with Gasteiger partial charge in [0.1, 0.15) is 5.75 Å². The highest BCUT2D eigenvalue weighted by atomic mass is 35.5. The van der Waals surface area contributed by atoms with Gasteiger partial charge >= 0.3 is 0 Å². The minimum Gasteiger partial charge on any atom is -0.496 e. The molecule has 0 aliphatic heterocycles. The molecule has 0 aliphatic rings. The van der Waals surface area contributed by atoms with Gasteiger partial charge in [-0.15, -0.1) is 10.2 Å². The average molecular weight is 324 g/mol. The minimum absolute atomic E-state index is 0.149. The number of halogens is 1. The zero-order valence-corrected chi connectivity index (χ0v) is 13.2. The summed E-state index contributed by atoms with van der Waals surface area (Å²) in [5.74, 6) is 0.961. The number of aromatic amines is 1. The quantitative estimate of drug-likeness (QED) is 0.813. The standard InChI is InChI=1S/C14H18ClN5O2/c1-3-4-11(14-17-19-20-18-14)16-13(21)8-9-7-10(15)5-6-12(9)22-2/h5-7,11H,3-4,8H2,1-2H3,(H,16,21)(H,17,18,19,20)/t11-/m0/s1. The zero-order valence-electron chi connectivity index (χ0n) is 12.5. The summed E-state index contributed by atoms with van der Waals surface area (Å²) in [5, 5.41) is 17.3. The predicted octanol–water partition coefficient (Wildman–Crippen LogP) is 2.06. The Hall–Kier alpha value is -2.15. The van der Waals surface area contributed by atoms with Gasteiger partial charge in [0.2, 0.25) is 5.91 Å². The lowest BCUT2D eigenvalue weighted by molar-refractivity contribution is -0.121. The van der Waals surface area contributed by atoms with E-state index in [0.29, 0.717) is 16.6 Å². The van der Waals surface area contributed by atoms with E-state index in [1.54, 1.807) is 25.3 Å². The second-order valence-corrected chi connectivity index (χ2v) is 5.25. The highest BCUT2D eigenvalue weighted by Crippen LogP contribution is 2.23. The number of carbonyl (C=O) groups is 1. The van der Waals surface area contributed by atoms with Crippen LogP contribution < -0.4 is 10.1 Å². The Bertz CT molecular complexity index is 618. The third-order valence-corrected chi connectivity index (χ3v) is 3.41. The first-order valence-corrected chi connectivity index (χ1v) is 7.37. The summed E-state index contributed by atoms with van der Waals surface area (Å²) in [5.41, 5.74) is 0.732. The largest absolute Gasteiger partial charge is 0.496 e. The molecule has 2 aromatic rings. The molecule has 0 radical (unpaired) electrons. The first-order chi connectivity index (χ1) is 10.6. The second-order valence-electron chi connectivity index (χ2n) is 4.81. The maximum atomic E-state index is 12.3. The Morgan fingerprint density at radius 2 is 2.32 bits per heavy atom. The van der Waals surface area contributed by atoms with Crippen LogP contribution in [0.5, 0.6) is 5.75 Å². The van der Waals surface area contributed by atoms with Crippen molar-refractivity contribution >= 4 is 17.5 Å². The maximum Gasteiger partial charge on any atom is 0.225 e. The van der Waals surface area contributed by atoms with Crippen molar-refractivity contribution < 1.29 is 9.53 Å². The topological polar surface area (TPSA) is 92.8 Å². The molecule has 118 valence electrons. The first kappa shape index (κ1) is 16.2. The molecule has 0 bridgehead atoms. The second kappa shape index (κ2) is 7.74. The van der Waals surface area contributed by atoms with Gasteiger partial charge in [-0.3, -0.25) is 4.79 Å². The van der Waals surface area contributed by atoms with E-state index in [0.717, 1.165) is 18.4 Å². The van der Waals surface area contributed by atoms with Crippen molar-refractivity contribution in [2.24, 2.45) is 0 Å². The number of tetrazole rings is 1. The molecule has 0 unspecified atom stereocenters. The van der Waals surface area contributed by atoms with E-state index in [1.165, 1.54) is 0 Å². The lowest BCUT2D eigenvalue weighted by atomic mass is 10.1. The molecule has 2 rings (SSSR count). The fourth-order valence-corrected chi connectivity index (χ4v) is 2.37. The van der Waals surface area contributed by atoms with E-state index in [1.807, 2.05) is 6.92 Å². The van der Waals surface area contributed by atoms with Crippen LogP contribution in [0.2, 0.25) is 5.02 Å². The third kappa shape index (κ3) is 4.17. The van der Waals surface area contributed by atoms with Gasteiger partial charge in [0.25, 0.3) is 0 Å². The minimum atomic E-state index is -0.263. The van der Waals surface area contributed by atoms with Crippen LogP contribution in [0, 0.1) is 0 Å². The molecule has 0 fully saturated rings. The Kier molecular flexibility index (Phi) is 5.71. The lowest BCUT2D eigenvalue weighted by Gasteiger charge is -2.15. The summed E-state index contributed by atoms with van der Waals surface area (Å²) in [6, 6.07) is 4.93. The summed E-state index contributed by atoms with van der Waals surface area (Å²) in [6.45, 7) is 2.03. The van der Waals surface area contributed by atoms with Crippen LogP contribution in [0.15, 0.2) is 18.2 Å². The van der Waals surface area contributed by atoms with Crippen LogP contribution in [-0.2, 0) is 11.2 Å². The molecular formula is C14H18ClN5O2. The first-order valence-electron chi connectivity index (χ1n) is 6.99. The number of nitrogens with zero attached hydrogens (tertiary/aromatic N) is 3. The molecule has 1 aromatic heterocycles. The molecule has 8 heteroatoms. The summed E-state index contributed by atoms with van der Waals surface area (Å²) in [7, 11) is 1.56. The molecule has 0 spiro atoms. The van der Waals surface area contributed by atoms with E-state index < -0.39 is 0 Å². The van der Waals surface area contributed by atoms with E-state index in [9.17, 15) is 4.79 Å². The Labute approximate surface area is 133 Å². The number of aromatic nitrogens is 4. The molecule has 1 aromatic carbocycles. The SMILES string of the molecule is CCC[C@H](NC(=O)Cc1cc(Cl)ccc1OC)c1nn[nH]n1. The van der Waals surface area contributed by atoms with Gasteiger partial charge in [0.15, 0.2) is 5.82 Å². The van der Waals surface area contributed by atoms with Crippen molar-refractivity contribution in [3.05, 3.63) is 34.6 Å². The van der Waals surface area contributed by atoms with E-state index in [-0.39, 0.29) is 18.4 Å². The number of carbonyl (C=O) groups excluding carboxylic acids is 1. The van der Waals surface area contributed by atoms with Gasteiger partial charge in [-0.2, -0.15) is 5.21 Å². The van der Waals surface area contributed by atoms with Crippen molar-refractivity contribution in [3.63, 3.8) is 0 Å². The molecule has 22 heavy (non-hydrogen) atoms. The number of rotatable bonds is 7. The highest BCUT2D eigenvalue weighted by molar-refractivity contribution is 6.30. The van der Waals surface area contributed by atoms with Gasteiger partial charge in [-0.05, 0) is 24.6 Å². The summed E-state index contributed by atoms with van der Waals surface area (Å²) in [4.78, 5) is 12.3. The number of H-pyrrole nitrogens is 1. The van der Waals surface area contributed by atoms with Gasteiger partial charge < -0.3 is 10.1 Å². The Balaban J connectivity index is 2.07. The number of hydrogen-bond acceptors (Lipinski definition) is 5. The van der Waals surface area contributed by atoms with Crippen LogP contribution in [0.4, 0.5) is 0 Å².